The van der Waals surface area contributed by atoms with E-state index >= 15 is 0 Å². The van der Waals surface area contributed by atoms with Crippen molar-refractivity contribution in [3.8, 4) is 0 Å². The largest absolute Gasteiger partial charge is 0.466 e. The molecule has 6 heteroatoms. The van der Waals surface area contributed by atoms with Gasteiger partial charge in [0.15, 0.2) is 0 Å². The van der Waals surface area contributed by atoms with Gasteiger partial charge in [-0.1, -0.05) is 243 Å². The summed E-state index contributed by atoms with van der Waals surface area (Å²) in [6.07, 6.45) is 67.4. The molecule has 0 aliphatic rings. The minimum atomic E-state index is -0.868. The molecule has 0 spiro atoms. The molecular formula is C59H111NO5. The summed E-state index contributed by atoms with van der Waals surface area (Å²) in [5.41, 5.74) is 0. The summed E-state index contributed by atoms with van der Waals surface area (Å²) in [5.74, 6) is -0.149. The Balaban J connectivity index is 3.55. The summed E-state index contributed by atoms with van der Waals surface area (Å²) in [5, 5.41) is 23.1. The molecule has 0 aromatic heterocycles. The number of carbonyl (C=O) groups is 2. The molecule has 2 atom stereocenters. The van der Waals surface area contributed by atoms with Crippen LogP contribution in [0.4, 0.5) is 0 Å². The number of carbonyl (C=O) groups excluding carboxylic acids is 2. The van der Waals surface area contributed by atoms with Gasteiger partial charge in [0.2, 0.25) is 5.91 Å². The van der Waals surface area contributed by atoms with Crippen LogP contribution in [0, 0.1) is 0 Å². The van der Waals surface area contributed by atoms with Crippen LogP contribution in [0.25, 0.3) is 0 Å². The summed E-state index contributed by atoms with van der Waals surface area (Å²) in [7, 11) is 0. The third kappa shape index (κ3) is 51.3. The molecule has 0 saturated heterocycles. The van der Waals surface area contributed by atoms with Gasteiger partial charge in [-0.15, -0.1) is 0 Å². The second-order valence-electron chi connectivity index (χ2n) is 19.6. The van der Waals surface area contributed by atoms with Crippen LogP contribution in [0.15, 0.2) is 36.5 Å². The van der Waals surface area contributed by atoms with Crippen LogP contribution >= 0.6 is 0 Å². The van der Waals surface area contributed by atoms with Crippen LogP contribution in [0.1, 0.15) is 303 Å². The van der Waals surface area contributed by atoms with Crippen molar-refractivity contribution in [3.05, 3.63) is 36.5 Å². The highest BCUT2D eigenvalue weighted by molar-refractivity contribution is 5.76. The zero-order valence-corrected chi connectivity index (χ0v) is 43.5. The van der Waals surface area contributed by atoms with Crippen molar-refractivity contribution in [1.29, 1.82) is 0 Å². The number of aliphatic hydroxyl groups excluding tert-OH is 2. The Bertz CT molecular complexity index is 1060. The fourth-order valence-corrected chi connectivity index (χ4v) is 8.68. The molecule has 3 N–H and O–H groups in total. The van der Waals surface area contributed by atoms with Crippen molar-refractivity contribution >= 4 is 11.9 Å². The van der Waals surface area contributed by atoms with Crippen molar-refractivity contribution in [2.75, 3.05) is 13.2 Å². The third-order valence-corrected chi connectivity index (χ3v) is 13.1. The Morgan fingerprint density at radius 2 is 0.723 bits per heavy atom. The maximum absolute atomic E-state index is 12.5. The van der Waals surface area contributed by atoms with Gasteiger partial charge < -0.3 is 20.3 Å². The van der Waals surface area contributed by atoms with Crippen molar-refractivity contribution < 1.29 is 24.5 Å². The van der Waals surface area contributed by atoms with Gasteiger partial charge in [-0.05, 0) is 83.5 Å². The average molecular weight is 915 g/mol. The molecule has 0 saturated carbocycles. The average Bonchev–Trinajstić information content (AvgIpc) is 3.31. The topological polar surface area (TPSA) is 95.9 Å². The van der Waals surface area contributed by atoms with E-state index in [0.717, 1.165) is 77.0 Å². The molecule has 2 unspecified atom stereocenters. The minimum Gasteiger partial charge on any atom is -0.466 e. The molecule has 0 aromatic rings. The molecule has 0 fully saturated rings. The van der Waals surface area contributed by atoms with E-state index < -0.39 is 12.1 Å². The van der Waals surface area contributed by atoms with E-state index in [0.29, 0.717) is 19.4 Å². The fourth-order valence-electron chi connectivity index (χ4n) is 8.68. The number of unbranched alkanes of at least 4 members (excludes halogenated alkanes) is 38. The lowest BCUT2D eigenvalue weighted by Crippen LogP contribution is -2.45. The Morgan fingerprint density at radius 1 is 0.415 bits per heavy atom. The summed E-state index contributed by atoms with van der Waals surface area (Å²) in [6, 6.07) is -0.655. The SMILES string of the molecule is CCCCCCC/C=C\CCCCCCCC(=O)OCCCC/C=C\CCCCCCC(=O)NC(CO)C(O)/C=C/CCCCCCCCCCCCCCCCCCCCCCCC. The van der Waals surface area contributed by atoms with Gasteiger partial charge >= 0.3 is 5.97 Å². The molecule has 0 bridgehead atoms. The first-order valence-electron chi connectivity index (χ1n) is 28.8. The number of hydrogen-bond acceptors (Lipinski definition) is 5. The van der Waals surface area contributed by atoms with Crippen LogP contribution in [0.5, 0.6) is 0 Å². The molecule has 0 aromatic carbocycles. The second kappa shape index (κ2) is 54.7. The van der Waals surface area contributed by atoms with Gasteiger partial charge in [0.05, 0.1) is 25.4 Å². The molecule has 0 aliphatic heterocycles. The van der Waals surface area contributed by atoms with E-state index in [1.54, 1.807) is 6.08 Å². The van der Waals surface area contributed by atoms with Gasteiger partial charge in [-0.2, -0.15) is 0 Å². The number of allylic oxidation sites excluding steroid dienone is 5. The number of amides is 1. The third-order valence-electron chi connectivity index (χ3n) is 13.1. The summed E-state index contributed by atoms with van der Waals surface area (Å²) >= 11 is 0. The van der Waals surface area contributed by atoms with E-state index in [4.69, 9.17) is 4.74 Å². The normalized spacial score (nSPS) is 12.9. The lowest BCUT2D eigenvalue weighted by atomic mass is 10.0. The maximum Gasteiger partial charge on any atom is 0.305 e. The molecule has 1 amide bonds. The van der Waals surface area contributed by atoms with E-state index in [-0.39, 0.29) is 18.5 Å². The number of esters is 1. The second-order valence-corrected chi connectivity index (χ2v) is 19.6. The van der Waals surface area contributed by atoms with Crippen molar-refractivity contribution in [1.82, 2.24) is 5.32 Å². The highest BCUT2D eigenvalue weighted by Crippen LogP contribution is 2.17. The standard InChI is InChI=1S/C59H111NO5/c1-3-5-7-9-11-13-15-17-19-20-21-22-23-24-25-26-27-28-29-31-35-39-43-47-51-57(62)56(55-61)60-58(63)52-48-44-40-36-33-34-38-42-46-50-54-65-59(64)53-49-45-41-37-32-30-18-16-14-12-10-8-6-4-2/h16,18,34,38,47,51,56-57,61-62H,3-15,17,19-33,35-37,39-46,48-50,52-55H2,1-2H3,(H,60,63)/b18-16-,38-34-,51-47+. The molecular weight excluding hydrogens is 803 g/mol. The summed E-state index contributed by atoms with van der Waals surface area (Å²) in [4.78, 5) is 24.5. The van der Waals surface area contributed by atoms with E-state index in [1.165, 1.54) is 199 Å². The van der Waals surface area contributed by atoms with Gasteiger partial charge in [0, 0.05) is 12.8 Å². The van der Waals surface area contributed by atoms with Gasteiger partial charge in [-0.25, -0.2) is 0 Å². The summed E-state index contributed by atoms with van der Waals surface area (Å²) in [6.45, 7) is 4.81. The maximum atomic E-state index is 12.5. The molecule has 382 valence electrons. The molecule has 0 radical (unpaired) electrons. The predicted octanol–water partition coefficient (Wildman–Crippen LogP) is 17.6. The lowest BCUT2D eigenvalue weighted by molar-refractivity contribution is -0.143. The molecule has 65 heavy (non-hydrogen) atoms. The zero-order chi connectivity index (χ0) is 47.2. The zero-order valence-electron chi connectivity index (χ0n) is 43.5. The quantitative estimate of drug-likeness (QED) is 0.0321. The fraction of sp³-hybridized carbons (Fsp3) is 0.864. The Hall–Kier alpha value is -1.92. The molecule has 0 rings (SSSR count). The Labute approximate surface area is 404 Å². The van der Waals surface area contributed by atoms with E-state index in [1.807, 2.05) is 6.08 Å². The van der Waals surface area contributed by atoms with Crippen LogP contribution in [0.2, 0.25) is 0 Å². The number of rotatable bonds is 53. The highest BCUT2D eigenvalue weighted by atomic mass is 16.5. The smallest absolute Gasteiger partial charge is 0.305 e. The van der Waals surface area contributed by atoms with Gasteiger partial charge in [0.1, 0.15) is 0 Å². The molecule has 0 aliphatic carbocycles. The van der Waals surface area contributed by atoms with Crippen molar-refractivity contribution in [3.63, 3.8) is 0 Å². The first-order valence-corrected chi connectivity index (χ1v) is 28.8. The van der Waals surface area contributed by atoms with Gasteiger partial charge in [-0.3, -0.25) is 9.59 Å². The Morgan fingerprint density at radius 3 is 1.09 bits per heavy atom. The van der Waals surface area contributed by atoms with Crippen LogP contribution in [-0.2, 0) is 14.3 Å². The first kappa shape index (κ1) is 63.1. The lowest BCUT2D eigenvalue weighted by Gasteiger charge is -2.20. The van der Waals surface area contributed by atoms with Crippen LogP contribution < -0.4 is 5.32 Å². The predicted molar refractivity (Wildman–Crippen MR) is 283 cm³/mol. The number of hydrogen-bond donors (Lipinski definition) is 3. The van der Waals surface area contributed by atoms with Crippen molar-refractivity contribution in [2.24, 2.45) is 0 Å². The van der Waals surface area contributed by atoms with E-state index in [2.05, 4.69) is 43.5 Å². The number of aliphatic hydroxyl groups is 2. The minimum absolute atomic E-state index is 0.0467. The number of ether oxygens (including phenoxy) is 1. The molecule has 0 heterocycles. The van der Waals surface area contributed by atoms with Crippen molar-refractivity contribution in [2.45, 2.75) is 315 Å². The van der Waals surface area contributed by atoms with Gasteiger partial charge in [0.25, 0.3) is 0 Å². The highest BCUT2D eigenvalue weighted by Gasteiger charge is 2.18. The first-order chi connectivity index (χ1) is 32.0. The molecule has 6 nitrogen and oxygen atoms in total. The van der Waals surface area contributed by atoms with E-state index in [9.17, 15) is 19.8 Å². The van der Waals surface area contributed by atoms with Crippen LogP contribution in [-0.4, -0.2) is 47.4 Å². The number of nitrogens with one attached hydrogen (secondary N) is 1. The summed E-state index contributed by atoms with van der Waals surface area (Å²) < 4.78 is 5.43. The van der Waals surface area contributed by atoms with Crippen LogP contribution in [0.3, 0.4) is 0 Å². The Kier molecular flexibility index (Phi) is 53.1. The monoisotopic (exact) mass is 914 g/mol.